The molecule has 0 aromatic carbocycles. The Labute approximate surface area is 147 Å². The summed E-state index contributed by atoms with van der Waals surface area (Å²) in [6, 6.07) is 3.75. The lowest BCUT2D eigenvalue weighted by Gasteiger charge is -2.41. The minimum atomic E-state index is -0.418. The van der Waals surface area contributed by atoms with Crippen LogP contribution in [0.3, 0.4) is 0 Å². The van der Waals surface area contributed by atoms with Gasteiger partial charge in [-0.05, 0) is 44.2 Å². The minimum Gasteiger partial charge on any atom is -0.338 e. The summed E-state index contributed by atoms with van der Waals surface area (Å²) < 4.78 is 0. The fraction of sp³-hybridized carbons (Fsp3) is 0.625. The second-order valence-electron chi connectivity index (χ2n) is 6.28. The standard InChI is InChI=1S/C16H23N3O2S.ClH/c1-16(6-2-3-7-17-16)15(21)19-10-8-18(9-11-19)14(20)13-5-4-12-22-13;/h4-5,12,17H,2-3,6-11H2,1H3;1H. The third-order valence-corrected chi connectivity index (χ3v) is 5.53. The van der Waals surface area contributed by atoms with Crippen LogP contribution in [0.25, 0.3) is 0 Å². The number of carbonyl (C=O) groups is 2. The first kappa shape index (κ1) is 18.2. The molecule has 5 nitrogen and oxygen atoms in total. The Morgan fingerprint density at radius 3 is 2.43 bits per heavy atom. The van der Waals surface area contributed by atoms with Crippen LogP contribution >= 0.6 is 23.7 Å². The minimum absolute atomic E-state index is 0. The predicted molar refractivity (Wildman–Crippen MR) is 94.3 cm³/mol. The number of hydrogen-bond donors (Lipinski definition) is 1. The quantitative estimate of drug-likeness (QED) is 0.880. The van der Waals surface area contributed by atoms with Crippen LogP contribution < -0.4 is 5.32 Å². The molecule has 2 amide bonds. The van der Waals surface area contributed by atoms with E-state index in [1.807, 2.05) is 34.2 Å². The van der Waals surface area contributed by atoms with Gasteiger partial charge in [0.1, 0.15) is 0 Å². The van der Waals surface area contributed by atoms with Gasteiger partial charge >= 0.3 is 0 Å². The molecule has 2 aliphatic heterocycles. The van der Waals surface area contributed by atoms with Crippen LogP contribution in [0.5, 0.6) is 0 Å². The van der Waals surface area contributed by atoms with E-state index in [4.69, 9.17) is 0 Å². The highest BCUT2D eigenvalue weighted by Gasteiger charge is 2.38. The van der Waals surface area contributed by atoms with Gasteiger partial charge in [0.05, 0.1) is 10.4 Å². The maximum Gasteiger partial charge on any atom is 0.264 e. The highest BCUT2D eigenvalue weighted by Crippen LogP contribution is 2.22. The van der Waals surface area contributed by atoms with Gasteiger partial charge in [0, 0.05) is 26.2 Å². The van der Waals surface area contributed by atoms with Crippen LogP contribution in [-0.4, -0.2) is 59.9 Å². The molecule has 1 atom stereocenters. The molecule has 1 N–H and O–H groups in total. The van der Waals surface area contributed by atoms with Crippen LogP contribution in [-0.2, 0) is 4.79 Å². The molecule has 3 heterocycles. The summed E-state index contributed by atoms with van der Waals surface area (Å²) in [6.07, 6.45) is 3.15. The van der Waals surface area contributed by atoms with E-state index in [9.17, 15) is 9.59 Å². The molecule has 0 saturated carbocycles. The molecule has 1 aromatic rings. The highest BCUT2D eigenvalue weighted by atomic mass is 35.5. The number of rotatable bonds is 2. The second-order valence-corrected chi connectivity index (χ2v) is 7.23. The van der Waals surface area contributed by atoms with Gasteiger partial charge in [0.25, 0.3) is 5.91 Å². The van der Waals surface area contributed by atoms with Crippen molar-refractivity contribution in [2.45, 2.75) is 31.7 Å². The molecule has 23 heavy (non-hydrogen) atoms. The zero-order valence-corrected chi connectivity index (χ0v) is 15.0. The lowest BCUT2D eigenvalue weighted by molar-refractivity contribution is -0.140. The van der Waals surface area contributed by atoms with Crippen LogP contribution in [0.2, 0.25) is 0 Å². The van der Waals surface area contributed by atoms with Gasteiger partial charge in [-0.15, -0.1) is 23.7 Å². The first-order chi connectivity index (χ1) is 10.6. The van der Waals surface area contributed by atoms with Crippen molar-refractivity contribution in [3.63, 3.8) is 0 Å². The number of halogens is 1. The maximum absolute atomic E-state index is 12.7. The topological polar surface area (TPSA) is 52.7 Å². The lowest BCUT2D eigenvalue weighted by atomic mass is 9.89. The number of piperidine rings is 1. The normalized spacial score (nSPS) is 24.9. The van der Waals surface area contributed by atoms with Crippen molar-refractivity contribution in [2.24, 2.45) is 0 Å². The molecular formula is C16H24ClN3O2S. The van der Waals surface area contributed by atoms with E-state index in [0.29, 0.717) is 26.2 Å². The Kier molecular flexibility index (Phi) is 6.06. The summed E-state index contributed by atoms with van der Waals surface area (Å²) in [5.41, 5.74) is -0.418. The Bertz CT molecular complexity index is 536. The molecule has 2 aliphatic rings. The van der Waals surface area contributed by atoms with Crippen molar-refractivity contribution in [3.8, 4) is 0 Å². The fourth-order valence-electron chi connectivity index (χ4n) is 3.26. The van der Waals surface area contributed by atoms with E-state index >= 15 is 0 Å². The summed E-state index contributed by atoms with van der Waals surface area (Å²) in [7, 11) is 0. The maximum atomic E-state index is 12.7. The molecule has 7 heteroatoms. The molecule has 2 fully saturated rings. The third kappa shape index (κ3) is 3.87. The molecule has 0 bridgehead atoms. The Morgan fingerprint density at radius 2 is 1.87 bits per heavy atom. The zero-order chi connectivity index (χ0) is 15.6. The summed E-state index contributed by atoms with van der Waals surface area (Å²) in [5, 5.41) is 5.30. The van der Waals surface area contributed by atoms with Gasteiger partial charge in [-0.25, -0.2) is 0 Å². The third-order valence-electron chi connectivity index (χ3n) is 4.68. The Morgan fingerprint density at radius 1 is 1.17 bits per heavy atom. The number of thiophene rings is 1. The van der Waals surface area contributed by atoms with Crippen molar-refractivity contribution in [3.05, 3.63) is 22.4 Å². The lowest BCUT2D eigenvalue weighted by Crippen LogP contribution is -2.61. The largest absolute Gasteiger partial charge is 0.338 e. The van der Waals surface area contributed by atoms with Gasteiger partial charge < -0.3 is 15.1 Å². The van der Waals surface area contributed by atoms with Gasteiger partial charge in [0.2, 0.25) is 5.91 Å². The summed E-state index contributed by atoms with van der Waals surface area (Å²) in [5.74, 6) is 0.277. The van der Waals surface area contributed by atoms with E-state index in [1.165, 1.54) is 11.3 Å². The van der Waals surface area contributed by atoms with E-state index < -0.39 is 5.54 Å². The van der Waals surface area contributed by atoms with Crippen LogP contribution in [0.1, 0.15) is 35.9 Å². The highest BCUT2D eigenvalue weighted by molar-refractivity contribution is 7.12. The summed E-state index contributed by atoms with van der Waals surface area (Å²) in [6.45, 7) is 5.44. The van der Waals surface area contributed by atoms with E-state index in [2.05, 4.69) is 5.32 Å². The molecule has 1 unspecified atom stereocenters. The van der Waals surface area contributed by atoms with Gasteiger partial charge in [0.15, 0.2) is 0 Å². The van der Waals surface area contributed by atoms with Crippen LogP contribution in [0.4, 0.5) is 0 Å². The fourth-order valence-corrected chi connectivity index (χ4v) is 3.95. The number of nitrogens with zero attached hydrogens (tertiary/aromatic N) is 2. The average molecular weight is 358 g/mol. The molecule has 0 spiro atoms. The first-order valence-electron chi connectivity index (χ1n) is 7.97. The summed E-state index contributed by atoms with van der Waals surface area (Å²) in [4.78, 5) is 29.6. The number of amides is 2. The molecule has 2 saturated heterocycles. The monoisotopic (exact) mass is 357 g/mol. The molecule has 0 radical (unpaired) electrons. The molecule has 1 aromatic heterocycles. The van der Waals surface area contributed by atoms with E-state index in [0.717, 1.165) is 30.7 Å². The first-order valence-corrected chi connectivity index (χ1v) is 8.85. The van der Waals surface area contributed by atoms with Crippen molar-refractivity contribution in [1.29, 1.82) is 0 Å². The molecule has 3 rings (SSSR count). The molecule has 128 valence electrons. The number of nitrogens with one attached hydrogen (secondary N) is 1. The Hall–Kier alpha value is -1.11. The number of hydrogen-bond acceptors (Lipinski definition) is 4. The van der Waals surface area contributed by atoms with Gasteiger partial charge in [-0.3, -0.25) is 9.59 Å². The SMILES string of the molecule is CC1(C(=O)N2CCN(C(=O)c3cccs3)CC2)CCCCN1.Cl. The van der Waals surface area contributed by atoms with E-state index in [-0.39, 0.29) is 24.2 Å². The van der Waals surface area contributed by atoms with Crippen molar-refractivity contribution in [1.82, 2.24) is 15.1 Å². The predicted octanol–water partition coefficient (Wildman–Crippen LogP) is 1.99. The van der Waals surface area contributed by atoms with Crippen molar-refractivity contribution >= 4 is 35.6 Å². The van der Waals surface area contributed by atoms with Crippen molar-refractivity contribution in [2.75, 3.05) is 32.7 Å². The second kappa shape index (κ2) is 7.64. The summed E-state index contributed by atoms with van der Waals surface area (Å²) >= 11 is 1.47. The average Bonchev–Trinajstić information content (AvgIpc) is 3.09. The number of piperazine rings is 1. The van der Waals surface area contributed by atoms with Crippen LogP contribution in [0, 0.1) is 0 Å². The zero-order valence-electron chi connectivity index (χ0n) is 13.4. The van der Waals surface area contributed by atoms with Gasteiger partial charge in [-0.1, -0.05) is 6.07 Å². The van der Waals surface area contributed by atoms with Gasteiger partial charge in [-0.2, -0.15) is 0 Å². The smallest absolute Gasteiger partial charge is 0.264 e. The molecule has 0 aliphatic carbocycles. The van der Waals surface area contributed by atoms with E-state index in [1.54, 1.807) is 0 Å². The number of carbonyl (C=O) groups excluding carboxylic acids is 2. The van der Waals surface area contributed by atoms with Crippen LogP contribution in [0.15, 0.2) is 17.5 Å². The molecular weight excluding hydrogens is 334 g/mol. The van der Waals surface area contributed by atoms with Crippen molar-refractivity contribution < 1.29 is 9.59 Å². The Balaban J connectivity index is 0.00000192.